The summed E-state index contributed by atoms with van der Waals surface area (Å²) in [7, 11) is 1.78. The van der Waals surface area contributed by atoms with Gasteiger partial charge in [-0.25, -0.2) is 0 Å². The molecule has 7 nitrogen and oxygen atoms in total. The summed E-state index contributed by atoms with van der Waals surface area (Å²) in [4.78, 5) is 32.7. The van der Waals surface area contributed by atoms with Crippen molar-refractivity contribution < 1.29 is 9.59 Å². The molecule has 0 atom stereocenters. The molecule has 1 saturated heterocycles. The first kappa shape index (κ1) is 29.2. The Labute approximate surface area is 216 Å². The Kier molecular flexibility index (Phi) is 14.1. The van der Waals surface area contributed by atoms with E-state index in [0.29, 0.717) is 44.9 Å². The van der Waals surface area contributed by atoms with Crippen molar-refractivity contribution in [2.45, 2.75) is 59.4 Å². The van der Waals surface area contributed by atoms with E-state index in [1.807, 2.05) is 21.9 Å². The van der Waals surface area contributed by atoms with Gasteiger partial charge in [0.25, 0.3) is 0 Å². The highest BCUT2D eigenvalue weighted by atomic mass is 127. The molecule has 1 aliphatic rings. The van der Waals surface area contributed by atoms with Gasteiger partial charge in [0.2, 0.25) is 11.8 Å². The van der Waals surface area contributed by atoms with Crippen molar-refractivity contribution in [3.63, 3.8) is 0 Å². The quantitative estimate of drug-likeness (QED) is 0.195. The second-order valence-electron chi connectivity index (χ2n) is 8.95. The van der Waals surface area contributed by atoms with Crippen molar-refractivity contribution in [3.05, 3.63) is 35.4 Å². The zero-order valence-electron chi connectivity index (χ0n) is 20.7. The summed E-state index contributed by atoms with van der Waals surface area (Å²) < 4.78 is 0. The van der Waals surface area contributed by atoms with Gasteiger partial charge in [-0.1, -0.05) is 44.5 Å². The SMILES string of the molecule is CN=C(NCCCCCC(=O)N1CCN(C(=O)CC(C)C)CC1)NCc1ccccc1C.I. The second-order valence-corrected chi connectivity index (χ2v) is 8.95. The third kappa shape index (κ3) is 10.8. The predicted octanol–water partition coefficient (Wildman–Crippen LogP) is 3.56. The lowest BCUT2D eigenvalue weighted by Crippen LogP contribution is -2.50. The van der Waals surface area contributed by atoms with Crippen LogP contribution in [0.3, 0.4) is 0 Å². The Balaban J connectivity index is 0.00000544. The maximum Gasteiger partial charge on any atom is 0.222 e. The standard InChI is InChI=1S/C25H41N5O2.HI/c1-20(2)18-24(32)30-16-14-29(15-17-30)23(31)12-6-5-9-13-27-25(26-4)28-19-22-11-8-7-10-21(22)3;/h7-8,10-11,20H,5-6,9,12-19H2,1-4H3,(H2,26,27,28);1H. The van der Waals surface area contributed by atoms with Crippen LogP contribution in [0.2, 0.25) is 0 Å². The fourth-order valence-corrected chi connectivity index (χ4v) is 3.83. The zero-order chi connectivity index (χ0) is 23.3. The van der Waals surface area contributed by atoms with Crippen LogP contribution in [0.1, 0.15) is 57.1 Å². The molecule has 1 heterocycles. The number of amides is 2. The van der Waals surface area contributed by atoms with Gasteiger partial charge in [-0.15, -0.1) is 24.0 Å². The summed E-state index contributed by atoms with van der Waals surface area (Å²) in [6, 6.07) is 8.33. The molecule has 1 aliphatic heterocycles. The van der Waals surface area contributed by atoms with Crippen LogP contribution < -0.4 is 10.6 Å². The Morgan fingerprint density at radius 2 is 1.61 bits per heavy atom. The van der Waals surface area contributed by atoms with Crippen LogP contribution in [0.15, 0.2) is 29.3 Å². The molecule has 33 heavy (non-hydrogen) atoms. The van der Waals surface area contributed by atoms with Gasteiger partial charge >= 0.3 is 0 Å². The number of piperazine rings is 1. The molecule has 0 bridgehead atoms. The van der Waals surface area contributed by atoms with Crippen LogP contribution in [0.25, 0.3) is 0 Å². The number of nitrogens with one attached hydrogen (secondary N) is 2. The third-order valence-corrected chi connectivity index (χ3v) is 5.86. The topological polar surface area (TPSA) is 77.0 Å². The van der Waals surface area contributed by atoms with E-state index in [-0.39, 0.29) is 35.8 Å². The molecule has 1 fully saturated rings. The highest BCUT2D eigenvalue weighted by Crippen LogP contribution is 2.11. The first-order valence-corrected chi connectivity index (χ1v) is 11.9. The van der Waals surface area contributed by atoms with Gasteiger partial charge in [0, 0.05) is 59.2 Å². The average Bonchev–Trinajstić information content (AvgIpc) is 2.78. The average molecular weight is 572 g/mol. The molecule has 0 spiro atoms. The lowest BCUT2D eigenvalue weighted by molar-refractivity contribution is -0.140. The van der Waals surface area contributed by atoms with Crippen LogP contribution in [-0.4, -0.2) is 67.3 Å². The number of hydrogen-bond donors (Lipinski definition) is 2. The molecule has 0 aliphatic carbocycles. The predicted molar refractivity (Wildman–Crippen MR) is 146 cm³/mol. The molecule has 1 aromatic carbocycles. The number of benzene rings is 1. The number of carbonyl (C=O) groups is 2. The number of unbranched alkanes of at least 4 members (excludes halogenated alkanes) is 2. The number of carbonyl (C=O) groups excluding carboxylic acids is 2. The van der Waals surface area contributed by atoms with Gasteiger partial charge in [-0.2, -0.15) is 0 Å². The Bertz CT molecular complexity index is 761. The Morgan fingerprint density at radius 3 is 2.21 bits per heavy atom. The minimum atomic E-state index is 0. The molecule has 2 amide bonds. The second kappa shape index (κ2) is 15.9. The normalized spacial score (nSPS) is 14.2. The third-order valence-electron chi connectivity index (χ3n) is 5.86. The molecule has 0 radical (unpaired) electrons. The van der Waals surface area contributed by atoms with Gasteiger partial charge in [0.05, 0.1) is 0 Å². The number of nitrogens with zero attached hydrogens (tertiary/aromatic N) is 3. The number of aryl methyl sites for hydroxylation is 1. The first-order valence-electron chi connectivity index (χ1n) is 11.9. The minimum absolute atomic E-state index is 0. The maximum atomic E-state index is 12.5. The van der Waals surface area contributed by atoms with Crippen LogP contribution in [-0.2, 0) is 16.1 Å². The fraction of sp³-hybridized carbons (Fsp3) is 0.640. The van der Waals surface area contributed by atoms with Gasteiger partial charge < -0.3 is 20.4 Å². The van der Waals surface area contributed by atoms with Crippen molar-refractivity contribution in [1.29, 1.82) is 0 Å². The van der Waals surface area contributed by atoms with Gasteiger partial charge in [0.15, 0.2) is 5.96 Å². The largest absolute Gasteiger partial charge is 0.356 e. The molecule has 2 rings (SSSR count). The van der Waals surface area contributed by atoms with E-state index in [1.54, 1.807) is 7.05 Å². The van der Waals surface area contributed by atoms with Crippen LogP contribution in [0.5, 0.6) is 0 Å². The van der Waals surface area contributed by atoms with E-state index in [0.717, 1.165) is 38.3 Å². The van der Waals surface area contributed by atoms with Crippen molar-refractivity contribution in [2.75, 3.05) is 39.8 Å². The van der Waals surface area contributed by atoms with Gasteiger partial charge in [-0.3, -0.25) is 14.6 Å². The summed E-state index contributed by atoms with van der Waals surface area (Å²) in [5.41, 5.74) is 2.53. The number of aliphatic imine (C=N–C) groups is 1. The summed E-state index contributed by atoms with van der Waals surface area (Å²) in [5.74, 6) is 1.60. The Morgan fingerprint density at radius 1 is 0.970 bits per heavy atom. The van der Waals surface area contributed by atoms with Crippen molar-refractivity contribution in [3.8, 4) is 0 Å². The van der Waals surface area contributed by atoms with Crippen LogP contribution in [0.4, 0.5) is 0 Å². The summed E-state index contributed by atoms with van der Waals surface area (Å²) in [5, 5.41) is 6.70. The summed E-state index contributed by atoms with van der Waals surface area (Å²) >= 11 is 0. The summed E-state index contributed by atoms with van der Waals surface area (Å²) in [6.07, 6.45) is 4.06. The molecule has 8 heteroatoms. The number of rotatable bonds is 10. The highest BCUT2D eigenvalue weighted by molar-refractivity contribution is 14.0. The van der Waals surface area contributed by atoms with Gasteiger partial charge in [0.1, 0.15) is 0 Å². The van der Waals surface area contributed by atoms with Crippen molar-refractivity contribution in [2.24, 2.45) is 10.9 Å². The summed E-state index contributed by atoms with van der Waals surface area (Å²) in [6.45, 7) is 10.5. The minimum Gasteiger partial charge on any atom is -0.356 e. The lowest BCUT2D eigenvalue weighted by atomic mass is 10.1. The number of halogens is 1. The van der Waals surface area contributed by atoms with E-state index in [4.69, 9.17) is 0 Å². The van der Waals surface area contributed by atoms with Crippen LogP contribution >= 0.6 is 24.0 Å². The first-order chi connectivity index (χ1) is 15.4. The van der Waals surface area contributed by atoms with Gasteiger partial charge in [-0.05, 0) is 36.8 Å². The fourth-order valence-electron chi connectivity index (χ4n) is 3.83. The monoisotopic (exact) mass is 571 g/mol. The molecular formula is C25H42IN5O2. The smallest absolute Gasteiger partial charge is 0.222 e. The molecule has 0 unspecified atom stereocenters. The molecular weight excluding hydrogens is 529 g/mol. The van der Waals surface area contributed by atoms with Crippen molar-refractivity contribution >= 4 is 41.8 Å². The van der Waals surface area contributed by atoms with E-state index in [1.165, 1.54) is 11.1 Å². The molecule has 0 aromatic heterocycles. The van der Waals surface area contributed by atoms with Crippen LogP contribution in [0, 0.1) is 12.8 Å². The molecule has 186 valence electrons. The molecule has 2 N–H and O–H groups in total. The van der Waals surface area contributed by atoms with E-state index >= 15 is 0 Å². The van der Waals surface area contributed by atoms with E-state index in [2.05, 4.69) is 48.5 Å². The zero-order valence-corrected chi connectivity index (χ0v) is 23.1. The maximum absolute atomic E-state index is 12.5. The lowest BCUT2D eigenvalue weighted by Gasteiger charge is -2.35. The van der Waals surface area contributed by atoms with E-state index in [9.17, 15) is 9.59 Å². The highest BCUT2D eigenvalue weighted by Gasteiger charge is 2.23. The number of hydrogen-bond acceptors (Lipinski definition) is 3. The van der Waals surface area contributed by atoms with Crippen molar-refractivity contribution in [1.82, 2.24) is 20.4 Å². The Hall–Kier alpha value is -1.84. The number of guanidine groups is 1. The molecule has 0 saturated carbocycles. The van der Waals surface area contributed by atoms with E-state index < -0.39 is 0 Å². The molecule has 1 aromatic rings.